The predicted molar refractivity (Wildman–Crippen MR) is 116 cm³/mol. The van der Waals surface area contributed by atoms with Crippen LogP contribution >= 0.6 is 0 Å². The van der Waals surface area contributed by atoms with Gasteiger partial charge in [0, 0.05) is 35.3 Å². The third-order valence-electron chi connectivity index (χ3n) is 5.48. The van der Waals surface area contributed by atoms with Gasteiger partial charge in [0.05, 0.1) is 5.39 Å². The van der Waals surface area contributed by atoms with Gasteiger partial charge in [0.2, 0.25) is 30.4 Å². The Bertz CT molecular complexity index is 1340. The molecule has 5 rings (SSSR count). The van der Waals surface area contributed by atoms with Crippen molar-refractivity contribution >= 4 is 40.5 Å². The van der Waals surface area contributed by atoms with Gasteiger partial charge in [-0.05, 0) is 24.6 Å². The molecular formula is C22H18N4O7. The monoisotopic (exact) mass is 450 g/mol. The van der Waals surface area contributed by atoms with Crippen molar-refractivity contribution in [3.05, 3.63) is 42.0 Å². The molecule has 2 aliphatic heterocycles. The first-order chi connectivity index (χ1) is 15.9. The number of urea groups is 1. The first kappa shape index (κ1) is 20.4. The van der Waals surface area contributed by atoms with Gasteiger partial charge in [-0.1, -0.05) is 12.1 Å². The lowest BCUT2D eigenvalue weighted by molar-refractivity contribution is -0.135. The van der Waals surface area contributed by atoms with Gasteiger partial charge in [0.1, 0.15) is 6.04 Å². The Morgan fingerprint density at radius 1 is 1.15 bits per heavy atom. The van der Waals surface area contributed by atoms with Crippen LogP contribution in [0.2, 0.25) is 0 Å². The number of fused-ring (bicyclic) bond motifs is 2. The fourth-order valence-corrected chi connectivity index (χ4v) is 3.95. The topological polar surface area (TPSA) is 151 Å². The summed E-state index contributed by atoms with van der Waals surface area (Å²) in [6.07, 6.45) is 1.46. The number of amides is 4. The predicted octanol–water partition coefficient (Wildman–Crippen LogP) is 2.41. The van der Waals surface area contributed by atoms with Crippen molar-refractivity contribution in [1.82, 2.24) is 9.88 Å². The van der Waals surface area contributed by atoms with Crippen LogP contribution in [-0.2, 0) is 9.59 Å². The van der Waals surface area contributed by atoms with E-state index < -0.39 is 23.9 Å². The van der Waals surface area contributed by atoms with E-state index in [1.54, 1.807) is 36.4 Å². The summed E-state index contributed by atoms with van der Waals surface area (Å²) in [6.45, 7) is 0.115. The van der Waals surface area contributed by atoms with Crippen LogP contribution < -0.4 is 20.1 Å². The molecule has 3 aromatic rings. The number of aromatic nitrogens is 1. The number of piperidine rings is 1. The third kappa shape index (κ3) is 3.59. The number of hydrogen-bond acceptors (Lipinski definition) is 7. The molecule has 33 heavy (non-hydrogen) atoms. The molecule has 0 aliphatic carbocycles. The molecule has 1 fully saturated rings. The molecule has 1 atom stereocenters. The highest BCUT2D eigenvalue weighted by molar-refractivity contribution is 6.09. The van der Waals surface area contributed by atoms with E-state index in [0.717, 1.165) is 4.57 Å². The fraction of sp³-hybridized carbons (Fsp3) is 0.182. The summed E-state index contributed by atoms with van der Waals surface area (Å²) in [7, 11) is 0. The number of nitrogens with zero attached hydrogens (tertiary/aromatic N) is 2. The standard InChI is InChI=1S/C22H18N4O7/c27-17-7-5-14(19(28)25-17)26-20(29)13-3-1-2-11(18(13)21(26)30)9-23-22(31)24-12-4-6-15-16(8-12)33-10-32-15/h1-4,6,8-9,14,29-30H,5,7,10H2,(H,24,31)(H,25,27,28). The lowest BCUT2D eigenvalue weighted by Gasteiger charge is -2.23. The Kier molecular flexibility index (Phi) is 4.85. The molecule has 4 amide bonds. The summed E-state index contributed by atoms with van der Waals surface area (Å²) in [5.74, 6) is -0.619. The molecule has 3 heterocycles. The van der Waals surface area contributed by atoms with Gasteiger partial charge in [-0.3, -0.25) is 19.5 Å². The van der Waals surface area contributed by atoms with Crippen LogP contribution in [-0.4, -0.2) is 45.6 Å². The normalized spacial score (nSPS) is 17.5. The van der Waals surface area contributed by atoms with Crippen molar-refractivity contribution in [2.24, 2.45) is 4.99 Å². The molecule has 1 aromatic heterocycles. The molecular weight excluding hydrogens is 432 g/mol. The number of aromatic hydroxyl groups is 2. The van der Waals surface area contributed by atoms with Crippen molar-refractivity contribution in [1.29, 1.82) is 0 Å². The van der Waals surface area contributed by atoms with E-state index in [4.69, 9.17) is 9.47 Å². The van der Waals surface area contributed by atoms with Crippen molar-refractivity contribution in [2.45, 2.75) is 18.9 Å². The summed E-state index contributed by atoms with van der Waals surface area (Å²) >= 11 is 0. The smallest absolute Gasteiger partial charge is 0.345 e. The number of rotatable bonds is 3. The zero-order chi connectivity index (χ0) is 23.1. The molecule has 0 radical (unpaired) electrons. The van der Waals surface area contributed by atoms with Crippen molar-refractivity contribution in [2.75, 3.05) is 12.1 Å². The number of nitrogens with one attached hydrogen (secondary N) is 2. The molecule has 1 unspecified atom stereocenters. The highest BCUT2D eigenvalue weighted by atomic mass is 16.7. The second kappa shape index (κ2) is 7.86. The lowest BCUT2D eigenvalue weighted by atomic mass is 10.1. The molecule has 2 aromatic carbocycles. The van der Waals surface area contributed by atoms with E-state index in [-0.39, 0.29) is 42.2 Å². The Morgan fingerprint density at radius 2 is 1.97 bits per heavy atom. The molecule has 0 bridgehead atoms. The van der Waals surface area contributed by atoms with Crippen LogP contribution in [0, 0.1) is 0 Å². The van der Waals surface area contributed by atoms with Gasteiger partial charge in [-0.2, -0.15) is 0 Å². The van der Waals surface area contributed by atoms with Gasteiger partial charge < -0.3 is 25.0 Å². The van der Waals surface area contributed by atoms with Crippen LogP contribution in [0.1, 0.15) is 24.4 Å². The van der Waals surface area contributed by atoms with Gasteiger partial charge in [0.15, 0.2) is 11.5 Å². The van der Waals surface area contributed by atoms with E-state index in [9.17, 15) is 24.6 Å². The van der Waals surface area contributed by atoms with Crippen LogP contribution in [0.15, 0.2) is 41.4 Å². The SMILES string of the molecule is O=C1CCC(n2c(O)c3cccc(C=NC(=O)Nc4ccc5c(c4)OCO5)c3c2O)C(=O)N1. The Morgan fingerprint density at radius 3 is 2.79 bits per heavy atom. The number of imide groups is 1. The maximum absolute atomic E-state index is 12.3. The lowest BCUT2D eigenvalue weighted by Crippen LogP contribution is -2.41. The first-order valence-electron chi connectivity index (χ1n) is 10.1. The minimum atomic E-state index is -0.950. The van der Waals surface area contributed by atoms with Gasteiger partial charge in [0.25, 0.3) is 0 Å². The number of aliphatic imine (C=N–C) groups is 1. The summed E-state index contributed by atoms with van der Waals surface area (Å²) in [4.78, 5) is 39.9. The number of hydrogen-bond donors (Lipinski definition) is 4. The van der Waals surface area contributed by atoms with Crippen molar-refractivity contribution < 1.29 is 34.1 Å². The third-order valence-corrected chi connectivity index (χ3v) is 5.48. The fourth-order valence-electron chi connectivity index (χ4n) is 3.95. The van der Waals surface area contributed by atoms with Crippen LogP contribution in [0.5, 0.6) is 23.3 Å². The number of anilines is 1. The average molecular weight is 450 g/mol. The zero-order valence-corrected chi connectivity index (χ0v) is 17.1. The van der Waals surface area contributed by atoms with Gasteiger partial charge in [-0.15, -0.1) is 0 Å². The number of ether oxygens (including phenoxy) is 2. The van der Waals surface area contributed by atoms with E-state index in [1.165, 1.54) is 6.21 Å². The van der Waals surface area contributed by atoms with Gasteiger partial charge >= 0.3 is 6.03 Å². The van der Waals surface area contributed by atoms with E-state index in [1.807, 2.05) is 0 Å². The first-order valence-corrected chi connectivity index (χ1v) is 10.1. The molecule has 4 N–H and O–H groups in total. The number of carbonyl (C=O) groups is 3. The molecule has 11 heteroatoms. The maximum atomic E-state index is 12.3. The van der Waals surface area contributed by atoms with E-state index in [2.05, 4.69) is 15.6 Å². The Hall–Kier alpha value is -4.54. The molecule has 1 saturated heterocycles. The average Bonchev–Trinajstić information content (AvgIpc) is 3.35. The number of carbonyl (C=O) groups excluding carboxylic acids is 3. The molecule has 0 saturated carbocycles. The summed E-state index contributed by atoms with van der Waals surface area (Å²) in [5, 5.41) is 26.8. The van der Waals surface area contributed by atoms with Crippen molar-refractivity contribution in [3.8, 4) is 23.3 Å². The Labute approximate surface area is 186 Å². The molecule has 11 nitrogen and oxygen atoms in total. The minimum absolute atomic E-state index is 0.0815. The highest BCUT2D eigenvalue weighted by Crippen LogP contribution is 2.42. The number of benzene rings is 2. The second-order valence-electron chi connectivity index (χ2n) is 7.51. The van der Waals surface area contributed by atoms with Gasteiger partial charge in [-0.25, -0.2) is 9.79 Å². The summed E-state index contributed by atoms with van der Waals surface area (Å²) in [5.41, 5.74) is 0.816. The molecule has 2 aliphatic rings. The highest BCUT2D eigenvalue weighted by Gasteiger charge is 2.33. The maximum Gasteiger partial charge on any atom is 0.345 e. The van der Waals surface area contributed by atoms with Crippen LogP contribution in [0.25, 0.3) is 10.8 Å². The molecule has 168 valence electrons. The van der Waals surface area contributed by atoms with Crippen LogP contribution in [0.4, 0.5) is 10.5 Å². The zero-order valence-electron chi connectivity index (χ0n) is 17.1. The summed E-state index contributed by atoms with van der Waals surface area (Å²) in [6, 6.07) is 8.10. The van der Waals surface area contributed by atoms with E-state index >= 15 is 0 Å². The Balaban J connectivity index is 1.42. The largest absolute Gasteiger partial charge is 0.494 e. The van der Waals surface area contributed by atoms with Crippen LogP contribution in [0.3, 0.4) is 0 Å². The quantitative estimate of drug-likeness (QED) is 0.353. The molecule has 0 spiro atoms. The summed E-state index contributed by atoms with van der Waals surface area (Å²) < 4.78 is 11.6. The minimum Gasteiger partial charge on any atom is -0.494 e. The second-order valence-corrected chi connectivity index (χ2v) is 7.51. The van der Waals surface area contributed by atoms with Crippen molar-refractivity contribution in [3.63, 3.8) is 0 Å². The van der Waals surface area contributed by atoms with E-state index in [0.29, 0.717) is 22.7 Å².